The third kappa shape index (κ3) is 6.66. The Labute approximate surface area is 225 Å². The van der Waals surface area contributed by atoms with Crippen molar-refractivity contribution in [2.24, 2.45) is 0 Å². The number of alkyl halides is 3. The number of thiophene rings is 1. The predicted molar refractivity (Wildman–Crippen MR) is 137 cm³/mol. The van der Waals surface area contributed by atoms with E-state index in [2.05, 4.69) is 20.7 Å². The van der Waals surface area contributed by atoms with Crippen molar-refractivity contribution in [3.63, 3.8) is 0 Å². The number of carbonyl (C=O) groups excluding carboxylic acids is 2. The van der Waals surface area contributed by atoms with Crippen LogP contribution in [0.1, 0.15) is 37.9 Å². The van der Waals surface area contributed by atoms with Gasteiger partial charge in [-0.25, -0.2) is 4.39 Å². The van der Waals surface area contributed by atoms with Crippen LogP contribution in [0.2, 0.25) is 0 Å². The maximum Gasteiger partial charge on any atom is 0.418 e. The van der Waals surface area contributed by atoms with E-state index in [1.54, 1.807) is 38.3 Å². The molecule has 0 aliphatic rings. The van der Waals surface area contributed by atoms with Crippen LogP contribution in [0.15, 0.2) is 66.0 Å². The zero-order valence-electron chi connectivity index (χ0n) is 21.1. The van der Waals surface area contributed by atoms with E-state index < -0.39 is 53.2 Å². The van der Waals surface area contributed by atoms with Crippen molar-refractivity contribution in [1.29, 1.82) is 0 Å². The smallest absolute Gasteiger partial charge is 0.349 e. The molecule has 0 saturated carbocycles. The quantitative estimate of drug-likeness (QED) is 0.312. The van der Waals surface area contributed by atoms with Gasteiger partial charge < -0.3 is 5.32 Å². The molecule has 0 saturated heterocycles. The summed E-state index contributed by atoms with van der Waals surface area (Å²) in [5.74, 6) is -2.05. The van der Waals surface area contributed by atoms with Gasteiger partial charge in [-0.3, -0.25) is 14.5 Å². The number of benzene rings is 2. The summed E-state index contributed by atoms with van der Waals surface area (Å²) in [5.41, 5.74) is -2.36. The fourth-order valence-electron chi connectivity index (χ4n) is 3.85. The molecule has 2 aromatic heterocycles. The highest BCUT2D eigenvalue weighted by Crippen LogP contribution is 2.40. The lowest BCUT2D eigenvalue weighted by Crippen LogP contribution is -2.50. The van der Waals surface area contributed by atoms with Gasteiger partial charge in [0.15, 0.2) is 0 Å². The molecule has 0 spiro atoms. The van der Waals surface area contributed by atoms with Crippen LogP contribution in [0.4, 0.5) is 23.2 Å². The van der Waals surface area contributed by atoms with Crippen LogP contribution in [-0.2, 0) is 22.3 Å². The molecule has 8 nitrogen and oxygen atoms in total. The average molecular weight is 561 g/mol. The van der Waals surface area contributed by atoms with Gasteiger partial charge in [0, 0.05) is 5.54 Å². The number of amides is 2. The SMILES string of the molecule is CC(C)(C)NC(=O)C(c1ccc(F)cc1)N(C(=O)Cn1nnc(-c2cccs2)n1)c1ccccc1C(F)(F)F. The Morgan fingerprint density at radius 1 is 1.03 bits per heavy atom. The lowest BCUT2D eigenvalue weighted by atomic mass is 9.99. The van der Waals surface area contributed by atoms with Crippen molar-refractivity contribution in [1.82, 2.24) is 25.5 Å². The van der Waals surface area contributed by atoms with Crippen molar-refractivity contribution in [3.8, 4) is 10.7 Å². The van der Waals surface area contributed by atoms with Gasteiger partial charge in [-0.1, -0.05) is 30.3 Å². The summed E-state index contributed by atoms with van der Waals surface area (Å²) in [6.07, 6.45) is -4.85. The van der Waals surface area contributed by atoms with Crippen molar-refractivity contribution in [2.45, 2.75) is 45.1 Å². The molecule has 1 N–H and O–H groups in total. The summed E-state index contributed by atoms with van der Waals surface area (Å²) in [5, 5.41) is 16.5. The zero-order valence-corrected chi connectivity index (χ0v) is 21.9. The third-order valence-corrected chi connectivity index (χ3v) is 6.27. The van der Waals surface area contributed by atoms with E-state index in [1.165, 1.54) is 35.6 Å². The summed E-state index contributed by atoms with van der Waals surface area (Å²) >= 11 is 1.35. The van der Waals surface area contributed by atoms with E-state index in [0.717, 1.165) is 34.0 Å². The lowest BCUT2D eigenvalue weighted by Gasteiger charge is -2.35. The van der Waals surface area contributed by atoms with E-state index in [4.69, 9.17) is 0 Å². The standard InChI is InChI=1S/C26H24F4N6O2S/c1-25(2,3)31-24(38)22(16-10-12-17(27)13-11-16)36(19-8-5-4-7-18(19)26(28,29)30)21(37)15-35-33-23(32-34-35)20-9-6-14-39-20/h4-14,22H,15H2,1-3H3,(H,31,38). The first-order valence-corrected chi connectivity index (χ1v) is 12.6. The Morgan fingerprint density at radius 3 is 2.33 bits per heavy atom. The molecule has 4 aromatic rings. The number of aromatic nitrogens is 4. The minimum atomic E-state index is -4.85. The highest BCUT2D eigenvalue weighted by atomic mass is 32.1. The molecule has 39 heavy (non-hydrogen) atoms. The maximum absolute atomic E-state index is 14.1. The second kappa shape index (κ2) is 10.9. The second-order valence-corrected chi connectivity index (χ2v) is 10.5. The van der Waals surface area contributed by atoms with Crippen LogP contribution in [-0.4, -0.2) is 37.6 Å². The summed E-state index contributed by atoms with van der Waals surface area (Å²) in [7, 11) is 0. The fourth-order valence-corrected chi connectivity index (χ4v) is 4.50. The van der Waals surface area contributed by atoms with Gasteiger partial charge in [0.2, 0.25) is 11.7 Å². The Kier molecular flexibility index (Phi) is 7.82. The van der Waals surface area contributed by atoms with E-state index in [1.807, 2.05) is 0 Å². The molecule has 0 aliphatic heterocycles. The Bertz CT molecular complexity index is 1450. The van der Waals surface area contributed by atoms with Gasteiger partial charge >= 0.3 is 6.18 Å². The molecule has 2 amide bonds. The molecule has 1 unspecified atom stereocenters. The average Bonchev–Trinajstić information content (AvgIpc) is 3.54. The van der Waals surface area contributed by atoms with E-state index in [9.17, 15) is 27.2 Å². The van der Waals surface area contributed by atoms with Gasteiger partial charge in [0.05, 0.1) is 16.1 Å². The first-order chi connectivity index (χ1) is 18.3. The molecule has 0 fully saturated rings. The summed E-state index contributed by atoms with van der Waals surface area (Å²) in [4.78, 5) is 29.8. The monoisotopic (exact) mass is 560 g/mol. The van der Waals surface area contributed by atoms with Crippen molar-refractivity contribution in [2.75, 3.05) is 4.90 Å². The molecule has 13 heteroatoms. The number of hydrogen-bond acceptors (Lipinski definition) is 6. The lowest BCUT2D eigenvalue weighted by molar-refractivity contribution is -0.137. The number of carbonyl (C=O) groups is 2. The Balaban J connectivity index is 1.84. The van der Waals surface area contributed by atoms with E-state index in [0.29, 0.717) is 4.88 Å². The van der Waals surface area contributed by atoms with Crippen molar-refractivity contribution < 1.29 is 27.2 Å². The summed E-state index contributed by atoms with van der Waals surface area (Å²) in [6, 6.07) is 11.0. The number of rotatable bonds is 7. The molecule has 2 aromatic carbocycles. The molecule has 2 heterocycles. The van der Waals surface area contributed by atoms with Crippen LogP contribution in [0.25, 0.3) is 10.7 Å². The molecular weight excluding hydrogens is 536 g/mol. The van der Waals surface area contributed by atoms with Crippen LogP contribution >= 0.6 is 11.3 Å². The molecule has 204 valence electrons. The van der Waals surface area contributed by atoms with Gasteiger partial charge in [0.25, 0.3) is 5.91 Å². The molecule has 0 aliphatic carbocycles. The number of anilines is 1. The number of hydrogen-bond donors (Lipinski definition) is 1. The van der Waals surface area contributed by atoms with Crippen LogP contribution in [0.3, 0.4) is 0 Å². The fraction of sp³-hybridized carbons (Fsp3) is 0.269. The zero-order chi connectivity index (χ0) is 28.4. The first kappa shape index (κ1) is 27.9. The third-order valence-electron chi connectivity index (χ3n) is 5.40. The summed E-state index contributed by atoms with van der Waals surface area (Å²) in [6.45, 7) is 4.45. The highest BCUT2D eigenvalue weighted by Gasteiger charge is 2.41. The molecule has 0 bridgehead atoms. The number of tetrazole rings is 1. The van der Waals surface area contributed by atoms with Crippen molar-refractivity contribution in [3.05, 3.63) is 83.0 Å². The van der Waals surface area contributed by atoms with E-state index >= 15 is 0 Å². The number of nitrogens with one attached hydrogen (secondary N) is 1. The maximum atomic E-state index is 14.1. The molecule has 0 radical (unpaired) electrons. The summed E-state index contributed by atoms with van der Waals surface area (Å²) < 4.78 is 56.1. The predicted octanol–water partition coefficient (Wildman–Crippen LogP) is 5.25. The van der Waals surface area contributed by atoms with E-state index in [-0.39, 0.29) is 11.4 Å². The highest BCUT2D eigenvalue weighted by molar-refractivity contribution is 7.13. The molecular formula is C26H24F4N6O2S. The van der Waals surface area contributed by atoms with Gasteiger partial charge in [-0.2, -0.15) is 18.0 Å². The van der Waals surface area contributed by atoms with Gasteiger partial charge in [0.1, 0.15) is 18.4 Å². The Hall–Kier alpha value is -4.13. The Morgan fingerprint density at radius 2 is 1.72 bits per heavy atom. The van der Waals surface area contributed by atoms with Crippen molar-refractivity contribution >= 4 is 28.8 Å². The first-order valence-electron chi connectivity index (χ1n) is 11.7. The number of nitrogens with zero attached hydrogens (tertiary/aromatic N) is 5. The van der Waals surface area contributed by atoms with Crippen LogP contribution in [0.5, 0.6) is 0 Å². The minimum Gasteiger partial charge on any atom is -0.349 e. The number of halogens is 4. The molecule has 1 atom stereocenters. The van der Waals surface area contributed by atoms with Crippen LogP contribution < -0.4 is 10.2 Å². The van der Waals surface area contributed by atoms with Gasteiger partial charge in [-0.05, 0) is 67.3 Å². The second-order valence-electron chi connectivity index (χ2n) is 9.59. The normalized spacial score (nSPS) is 12.7. The number of para-hydroxylation sites is 1. The minimum absolute atomic E-state index is 0.106. The van der Waals surface area contributed by atoms with Crippen LogP contribution in [0, 0.1) is 5.82 Å². The molecule has 4 rings (SSSR count). The largest absolute Gasteiger partial charge is 0.418 e. The van der Waals surface area contributed by atoms with Gasteiger partial charge in [-0.15, -0.1) is 21.5 Å². The topological polar surface area (TPSA) is 93.0 Å².